The van der Waals surface area contributed by atoms with E-state index in [1.807, 2.05) is 0 Å². The van der Waals surface area contributed by atoms with Gasteiger partial charge in [0.15, 0.2) is 6.04 Å². The summed E-state index contributed by atoms with van der Waals surface area (Å²) >= 11 is 0. The second-order valence-electron chi connectivity index (χ2n) is 3.38. The summed E-state index contributed by atoms with van der Waals surface area (Å²) < 4.78 is 0. The van der Waals surface area contributed by atoms with Crippen molar-refractivity contribution in [2.45, 2.75) is 13.0 Å². The van der Waals surface area contributed by atoms with Crippen LogP contribution in [0.15, 0.2) is 9.98 Å². The first kappa shape index (κ1) is 21.1. The molecular formula is C9H11N4Na2O4+. The number of carbonyl (C=O) groups excluding carboxylic acids is 3. The minimum Gasteiger partial charge on any atom is -0.550 e. The molecule has 0 radical (unpaired) electrons. The largest absolute Gasteiger partial charge is 1.00 e. The van der Waals surface area contributed by atoms with E-state index in [2.05, 4.69) is 9.98 Å². The smallest absolute Gasteiger partial charge is 0.550 e. The van der Waals surface area contributed by atoms with Crippen LogP contribution in [0.4, 0.5) is 4.79 Å². The minimum absolute atomic E-state index is 0. The van der Waals surface area contributed by atoms with Gasteiger partial charge < -0.3 is 9.90 Å². The molecule has 2 aliphatic heterocycles. The molecule has 0 saturated carbocycles. The van der Waals surface area contributed by atoms with Crippen LogP contribution in [-0.4, -0.2) is 60.0 Å². The number of urea groups is 1. The van der Waals surface area contributed by atoms with Crippen molar-refractivity contribution in [1.29, 1.82) is 0 Å². The van der Waals surface area contributed by atoms with E-state index < -0.39 is 12.0 Å². The van der Waals surface area contributed by atoms with Gasteiger partial charge in [0, 0.05) is 20.1 Å². The Morgan fingerprint density at radius 1 is 1.26 bits per heavy atom. The Morgan fingerprint density at radius 3 is 2.21 bits per heavy atom. The van der Waals surface area contributed by atoms with E-state index in [0.717, 1.165) is 11.8 Å². The van der Waals surface area contributed by atoms with Gasteiger partial charge in [0.1, 0.15) is 12.2 Å². The Bertz CT molecular complexity index is 434. The minimum atomic E-state index is -1.08. The van der Waals surface area contributed by atoms with E-state index in [1.54, 1.807) is 7.05 Å². The van der Waals surface area contributed by atoms with Gasteiger partial charge in [-0.2, -0.15) is 0 Å². The molecular weight excluding hydrogens is 274 g/mol. The van der Waals surface area contributed by atoms with Crippen LogP contribution in [0.1, 0.15) is 6.92 Å². The van der Waals surface area contributed by atoms with Gasteiger partial charge in [0.25, 0.3) is 5.91 Å². The Kier molecular flexibility index (Phi) is 9.78. The van der Waals surface area contributed by atoms with Crippen molar-refractivity contribution in [3.8, 4) is 0 Å². The fourth-order valence-corrected chi connectivity index (χ4v) is 1.34. The second kappa shape index (κ2) is 8.83. The zero-order chi connectivity index (χ0) is 13.2. The van der Waals surface area contributed by atoms with E-state index in [9.17, 15) is 9.59 Å². The van der Waals surface area contributed by atoms with Crippen LogP contribution in [0.2, 0.25) is 0 Å². The molecule has 2 heterocycles. The molecule has 1 saturated heterocycles. The van der Waals surface area contributed by atoms with E-state index in [1.165, 1.54) is 18.3 Å². The van der Waals surface area contributed by atoms with E-state index in [-0.39, 0.29) is 71.1 Å². The molecule has 0 aromatic heterocycles. The van der Waals surface area contributed by atoms with Crippen molar-refractivity contribution >= 4 is 30.1 Å². The van der Waals surface area contributed by atoms with E-state index in [4.69, 9.17) is 9.90 Å². The number of rotatable bonds is 0. The fourth-order valence-electron chi connectivity index (χ4n) is 1.34. The van der Waals surface area contributed by atoms with Gasteiger partial charge >= 0.3 is 65.1 Å². The topological polar surface area (TPSA) is 105 Å². The molecule has 3 amide bonds. The standard InChI is InChI=1S/C7H8N4O2.C2H4O2.2Na/c1-10-5-4(8-3-9-5)6(12)11(2)7(10)13;1-2(3)4;;/h3-4H,1-2H3;1H3,(H,3,4);;/q;;2*+1/p-1. The van der Waals surface area contributed by atoms with Gasteiger partial charge in [-0.3, -0.25) is 19.6 Å². The summed E-state index contributed by atoms with van der Waals surface area (Å²) in [6.07, 6.45) is 1.31. The number of carbonyl (C=O) groups is 3. The maximum Gasteiger partial charge on any atom is 1.00 e. The molecule has 19 heavy (non-hydrogen) atoms. The van der Waals surface area contributed by atoms with Crippen LogP contribution >= 0.6 is 0 Å². The number of aliphatic imine (C=N–C) groups is 2. The number of hydrogen-bond acceptors (Lipinski definition) is 6. The maximum atomic E-state index is 11.4. The SMILES string of the molecule is CC(=O)[O-].CN1C(=O)C2N=CN=C2N(C)C1=O.[Na+].[Na+]. The number of imide groups is 1. The Labute approximate surface area is 154 Å². The summed E-state index contributed by atoms with van der Waals surface area (Å²) in [6, 6.07) is -0.988. The number of nitrogens with zero attached hydrogens (tertiary/aromatic N) is 4. The fraction of sp³-hybridized carbons (Fsp3) is 0.444. The van der Waals surface area contributed by atoms with Crippen LogP contribution < -0.4 is 64.2 Å². The maximum absolute atomic E-state index is 11.4. The van der Waals surface area contributed by atoms with Gasteiger partial charge in [-0.1, -0.05) is 0 Å². The summed E-state index contributed by atoms with van der Waals surface area (Å²) in [5, 5.41) is 8.89. The van der Waals surface area contributed by atoms with Crippen LogP contribution in [-0.2, 0) is 9.59 Å². The van der Waals surface area contributed by atoms with Crippen molar-refractivity contribution in [1.82, 2.24) is 9.80 Å². The summed E-state index contributed by atoms with van der Waals surface area (Å²) in [6.45, 7) is 0.972. The number of carboxylic acids is 1. The number of hydrogen-bond donors (Lipinski definition) is 0. The molecule has 1 atom stereocenters. The Morgan fingerprint density at radius 2 is 1.74 bits per heavy atom. The summed E-state index contributed by atoms with van der Waals surface area (Å²) in [4.78, 5) is 41.8. The van der Waals surface area contributed by atoms with Crippen molar-refractivity contribution in [2.24, 2.45) is 9.98 Å². The average Bonchev–Trinajstić information content (AvgIpc) is 2.71. The number of carboxylic acid groups (broad SMARTS) is 1. The summed E-state index contributed by atoms with van der Waals surface area (Å²) in [5.74, 6) is -0.997. The molecule has 0 bridgehead atoms. The molecule has 0 aromatic carbocycles. The zero-order valence-electron chi connectivity index (χ0n) is 11.6. The van der Waals surface area contributed by atoms with Gasteiger partial charge in [-0.15, -0.1) is 0 Å². The number of fused-ring (bicyclic) bond motifs is 1. The van der Waals surface area contributed by atoms with Gasteiger partial charge in [-0.05, 0) is 6.92 Å². The molecule has 0 aromatic rings. The summed E-state index contributed by atoms with van der Waals surface area (Å²) in [7, 11) is 3.01. The molecule has 0 spiro atoms. The molecule has 10 heteroatoms. The van der Waals surface area contributed by atoms with Crippen molar-refractivity contribution in [3.63, 3.8) is 0 Å². The predicted molar refractivity (Wildman–Crippen MR) is 56.3 cm³/mol. The number of amidine groups is 1. The third-order valence-corrected chi connectivity index (χ3v) is 2.13. The monoisotopic (exact) mass is 285 g/mol. The van der Waals surface area contributed by atoms with Gasteiger partial charge in [-0.25, -0.2) is 9.79 Å². The summed E-state index contributed by atoms with van der Waals surface area (Å²) in [5.41, 5.74) is 0. The van der Waals surface area contributed by atoms with E-state index in [0.29, 0.717) is 5.84 Å². The molecule has 1 fully saturated rings. The normalized spacial score (nSPS) is 19.5. The molecule has 8 nitrogen and oxygen atoms in total. The van der Waals surface area contributed by atoms with E-state index >= 15 is 0 Å². The Balaban J connectivity index is 0. The van der Waals surface area contributed by atoms with Crippen LogP contribution in [0.5, 0.6) is 0 Å². The average molecular weight is 285 g/mol. The van der Waals surface area contributed by atoms with Crippen LogP contribution in [0, 0.1) is 0 Å². The van der Waals surface area contributed by atoms with Crippen LogP contribution in [0.25, 0.3) is 0 Å². The number of aliphatic carboxylic acids is 1. The number of likely N-dealkylation sites (N-methyl/N-ethyl adjacent to an activating group) is 2. The van der Waals surface area contributed by atoms with Gasteiger partial charge in [0.2, 0.25) is 0 Å². The zero-order valence-corrected chi connectivity index (χ0v) is 15.6. The quantitative estimate of drug-likeness (QED) is 0.412. The molecule has 2 rings (SSSR count). The molecule has 92 valence electrons. The molecule has 0 aliphatic carbocycles. The van der Waals surface area contributed by atoms with Crippen molar-refractivity contribution in [2.75, 3.05) is 14.1 Å². The molecule has 1 unspecified atom stereocenters. The second-order valence-corrected chi connectivity index (χ2v) is 3.38. The first-order valence-corrected chi connectivity index (χ1v) is 4.68. The third-order valence-electron chi connectivity index (χ3n) is 2.13. The number of amides is 3. The third kappa shape index (κ3) is 4.97. The van der Waals surface area contributed by atoms with Crippen LogP contribution in [0.3, 0.4) is 0 Å². The predicted octanol–water partition coefficient (Wildman–Crippen LogP) is -7.92. The Hall–Kier alpha value is -0.250. The van der Waals surface area contributed by atoms with Gasteiger partial charge in [0.05, 0.1) is 0 Å². The van der Waals surface area contributed by atoms with Crippen molar-refractivity contribution < 1.29 is 78.6 Å². The molecule has 0 N–H and O–H groups in total. The van der Waals surface area contributed by atoms with Crippen molar-refractivity contribution in [3.05, 3.63) is 0 Å². The molecule has 2 aliphatic rings. The first-order chi connectivity index (χ1) is 7.86. The first-order valence-electron chi connectivity index (χ1n) is 4.68.